The Hall–Kier alpha value is -3.40. The van der Waals surface area contributed by atoms with Crippen LogP contribution in [0.15, 0.2) is 91.0 Å². The predicted molar refractivity (Wildman–Crippen MR) is 132 cm³/mol. The van der Waals surface area contributed by atoms with E-state index in [-0.39, 0.29) is 17.9 Å². The highest BCUT2D eigenvalue weighted by molar-refractivity contribution is 5.92. The third-order valence-electron chi connectivity index (χ3n) is 6.40. The van der Waals surface area contributed by atoms with Crippen LogP contribution in [-0.4, -0.2) is 23.9 Å². The minimum Gasteiger partial charge on any atom is -0.352 e. The van der Waals surface area contributed by atoms with Crippen LogP contribution in [0.1, 0.15) is 54.7 Å². The van der Waals surface area contributed by atoms with Gasteiger partial charge in [0.25, 0.3) is 0 Å². The zero-order valence-electron chi connectivity index (χ0n) is 19.0. The van der Waals surface area contributed by atoms with Crippen LogP contribution in [-0.2, 0) is 16.0 Å². The minimum absolute atomic E-state index is 0.0982. The van der Waals surface area contributed by atoms with Crippen molar-refractivity contribution in [2.45, 2.75) is 56.5 Å². The number of amides is 2. The summed E-state index contributed by atoms with van der Waals surface area (Å²) in [6, 6.07) is 29.0. The summed E-state index contributed by atoms with van der Waals surface area (Å²) in [6.45, 7) is 0. The van der Waals surface area contributed by atoms with Crippen molar-refractivity contribution in [3.8, 4) is 0 Å². The van der Waals surface area contributed by atoms with E-state index in [4.69, 9.17) is 0 Å². The van der Waals surface area contributed by atoms with E-state index in [1.54, 1.807) is 0 Å². The highest BCUT2D eigenvalue weighted by Crippen LogP contribution is 2.25. The standard InChI is InChI=1S/C29H32N2O2/c32-28(30-25-19-11-4-12-20-25)26(21-22-13-5-1-6-14-22)31-29(33)27(23-15-7-2-8-16-23)24-17-9-3-10-18-24/h1-3,5-10,13-18,25-27H,4,11-12,19-21H2,(H,30,32)(H,31,33)/t26-/m0/s1. The Morgan fingerprint density at radius 3 is 1.76 bits per heavy atom. The van der Waals surface area contributed by atoms with E-state index in [1.165, 1.54) is 6.42 Å². The number of carbonyl (C=O) groups is 2. The zero-order chi connectivity index (χ0) is 22.9. The van der Waals surface area contributed by atoms with Crippen LogP contribution in [0.4, 0.5) is 0 Å². The van der Waals surface area contributed by atoms with Gasteiger partial charge in [-0.3, -0.25) is 9.59 Å². The van der Waals surface area contributed by atoms with E-state index < -0.39 is 12.0 Å². The Morgan fingerprint density at radius 2 is 1.21 bits per heavy atom. The van der Waals surface area contributed by atoms with E-state index in [1.807, 2.05) is 91.0 Å². The van der Waals surface area contributed by atoms with Gasteiger partial charge in [0.2, 0.25) is 11.8 Å². The van der Waals surface area contributed by atoms with Crippen molar-refractivity contribution in [2.24, 2.45) is 0 Å². The summed E-state index contributed by atoms with van der Waals surface area (Å²) in [7, 11) is 0. The van der Waals surface area contributed by atoms with Gasteiger partial charge in [-0.1, -0.05) is 110 Å². The third-order valence-corrected chi connectivity index (χ3v) is 6.40. The van der Waals surface area contributed by atoms with Gasteiger partial charge in [-0.2, -0.15) is 0 Å². The number of benzene rings is 3. The first-order valence-electron chi connectivity index (χ1n) is 12.0. The molecule has 2 N–H and O–H groups in total. The number of rotatable bonds is 8. The molecule has 0 radical (unpaired) electrons. The van der Waals surface area contributed by atoms with Crippen molar-refractivity contribution >= 4 is 11.8 Å². The van der Waals surface area contributed by atoms with Gasteiger partial charge in [-0.05, 0) is 29.5 Å². The SMILES string of the molecule is O=C(N[C@@H](Cc1ccccc1)C(=O)NC1CCCCC1)C(c1ccccc1)c1ccccc1. The summed E-state index contributed by atoms with van der Waals surface area (Å²) in [4.78, 5) is 27.0. The molecule has 170 valence electrons. The number of hydrogen-bond donors (Lipinski definition) is 2. The molecule has 0 aliphatic heterocycles. The molecule has 2 amide bonds. The molecular formula is C29H32N2O2. The lowest BCUT2D eigenvalue weighted by atomic mass is 9.90. The van der Waals surface area contributed by atoms with Crippen LogP contribution in [0.3, 0.4) is 0 Å². The maximum Gasteiger partial charge on any atom is 0.243 e. The summed E-state index contributed by atoms with van der Waals surface area (Å²) in [6.07, 6.45) is 5.99. The van der Waals surface area contributed by atoms with Crippen LogP contribution < -0.4 is 10.6 Å². The average Bonchev–Trinajstić information content (AvgIpc) is 2.86. The normalized spacial score (nSPS) is 15.1. The molecule has 0 bridgehead atoms. The highest BCUT2D eigenvalue weighted by atomic mass is 16.2. The van der Waals surface area contributed by atoms with Crippen molar-refractivity contribution in [1.29, 1.82) is 0 Å². The van der Waals surface area contributed by atoms with Crippen molar-refractivity contribution in [1.82, 2.24) is 10.6 Å². The number of hydrogen-bond acceptors (Lipinski definition) is 2. The second-order valence-corrected chi connectivity index (χ2v) is 8.85. The predicted octanol–water partition coefficient (Wildman–Crippen LogP) is 4.99. The molecule has 4 nitrogen and oxygen atoms in total. The van der Waals surface area contributed by atoms with Gasteiger partial charge >= 0.3 is 0 Å². The largest absolute Gasteiger partial charge is 0.352 e. The highest BCUT2D eigenvalue weighted by Gasteiger charge is 2.29. The van der Waals surface area contributed by atoms with Gasteiger partial charge in [-0.25, -0.2) is 0 Å². The van der Waals surface area contributed by atoms with Crippen LogP contribution in [0.5, 0.6) is 0 Å². The second kappa shape index (κ2) is 11.5. The monoisotopic (exact) mass is 440 g/mol. The lowest BCUT2D eigenvalue weighted by Gasteiger charge is -2.27. The Bertz CT molecular complexity index is 976. The van der Waals surface area contributed by atoms with Crippen molar-refractivity contribution < 1.29 is 9.59 Å². The van der Waals surface area contributed by atoms with E-state index in [2.05, 4.69) is 10.6 Å². The molecule has 1 aliphatic rings. The molecule has 3 aromatic rings. The quantitative estimate of drug-likeness (QED) is 0.518. The Labute approximate surface area is 196 Å². The smallest absolute Gasteiger partial charge is 0.243 e. The molecule has 0 heterocycles. The fourth-order valence-electron chi connectivity index (χ4n) is 4.65. The minimum atomic E-state index is -0.628. The number of carbonyl (C=O) groups excluding carboxylic acids is 2. The zero-order valence-corrected chi connectivity index (χ0v) is 19.0. The Balaban J connectivity index is 1.57. The maximum atomic E-state index is 13.7. The Morgan fingerprint density at radius 1 is 0.697 bits per heavy atom. The van der Waals surface area contributed by atoms with Gasteiger partial charge < -0.3 is 10.6 Å². The molecule has 1 saturated carbocycles. The molecule has 0 aromatic heterocycles. The molecule has 33 heavy (non-hydrogen) atoms. The second-order valence-electron chi connectivity index (χ2n) is 8.85. The van der Waals surface area contributed by atoms with Gasteiger partial charge in [0.05, 0.1) is 5.92 Å². The van der Waals surface area contributed by atoms with E-state index in [9.17, 15) is 9.59 Å². The van der Waals surface area contributed by atoms with E-state index in [0.717, 1.165) is 42.4 Å². The molecule has 0 unspecified atom stereocenters. The summed E-state index contributed by atoms with van der Waals surface area (Å²) >= 11 is 0. The summed E-state index contributed by atoms with van der Waals surface area (Å²) in [5.74, 6) is -0.737. The van der Waals surface area contributed by atoms with E-state index >= 15 is 0 Å². The summed E-state index contributed by atoms with van der Waals surface area (Å²) in [5.41, 5.74) is 2.84. The van der Waals surface area contributed by atoms with Crippen LogP contribution in [0.2, 0.25) is 0 Å². The molecule has 3 aromatic carbocycles. The lowest BCUT2D eigenvalue weighted by Crippen LogP contribution is -2.52. The first kappa shape index (κ1) is 22.8. The fraction of sp³-hybridized carbons (Fsp3) is 0.310. The van der Waals surface area contributed by atoms with Gasteiger partial charge in [0.1, 0.15) is 6.04 Å². The molecule has 4 heteroatoms. The lowest BCUT2D eigenvalue weighted by molar-refractivity contribution is -0.129. The molecule has 0 spiro atoms. The summed E-state index contributed by atoms with van der Waals surface area (Å²) in [5, 5.41) is 6.31. The Kier molecular flexibility index (Phi) is 7.91. The van der Waals surface area contributed by atoms with Gasteiger partial charge in [0.15, 0.2) is 0 Å². The van der Waals surface area contributed by atoms with Gasteiger partial charge in [0, 0.05) is 12.5 Å². The van der Waals surface area contributed by atoms with Gasteiger partial charge in [-0.15, -0.1) is 0 Å². The molecule has 0 saturated heterocycles. The molecule has 1 atom stereocenters. The van der Waals surface area contributed by atoms with Crippen molar-refractivity contribution in [3.63, 3.8) is 0 Å². The molecular weight excluding hydrogens is 408 g/mol. The molecule has 1 aliphatic carbocycles. The molecule has 1 fully saturated rings. The van der Waals surface area contributed by atoms with Crippen molar-refractivity contribution in [2.75, 3.05) is 0 Å². The topological polar surface area (TPSA) is 58.2 Å². The number of nitrogens with one attached hydrogen (secondary N) is 2. The maximum absolute atomic E-state index is 13.7. The first-order chi connectivity index (χ1) is 16.2. The third kappa shape index (κ3) is 6.32. The first-order valence-corrected chi connectivity index (χ1v) is 12.0. The van der Waals surface area contributed by atoms with Crippen LogP contribution in [0, 0.1) is 0 Å². The van der Waals surface area contributed by atoms with E-state index in [0.29, 0.717) is 6.42 Å². The van der Waals surface area contributed by atoms with Crippen LogP contribution in [0.25, 0.3) is 0 Å². The fourth-order valence-corrected chi connectivity index (χ4v) is 4.65. The van der Waals surface area contributed by atoms with Crippen LogP contribution >= 0.6 is 0 Å². The average molecular weight is 441 g/mol. The molecule has 4 rings (SSSR count). The summed E-state index contributed by atoms with van der Waals surface area (Å²) < 4.78 is 0. The van der Waals surface area contributed by atoms with Crippen molar-refractivity contribution in [3.05, 3.63) is 108 Å².